The summed E-state index contributed by atoms with van der Waals surface area (Å²) in [5, 5.41) is 8.53. The van der Waals surface area contributed by atoms with Crippen molar-refractivity contribution in [3.05, 3.63) is 18.0 Å². The second kappa shape index (κ2) is 7.30. The maximum atomic E-state index is 6.22. The van der Waals surface area contributed by atoms with E-state index in [9.17, 15) is 0 Å². The SMILES string of the molecule is CCC(C)n1ccc(CNCC2CCCC(Cl)C2)n1. The molecule has 3 unspecified atom stereocenters. The number of rotatable bonds is 6. The van der Waals surface area contributed by atoms with Crippen LogP contribution in [0.3, 0.4) is 0 Å². The van der Waals surface area contributed by atoms with Gasteiger partial charge < -0.3 is 5.32 Å². The first kappa shape index (κ1) is 14.9. The molecular weight excluding hydrogens is 258 g/mol. The van der Waals surface area contributed by atoms with Crippen LogP contribution >= 0.6 is 11.6 Å². The molecule has 4 heteroatoms. The third-order valence-corrected chi connectivity index (χ3v) is 4.56. The molecule has 0 radical (unpaired) electrons. The monoisotopic (exact) mass is 283 g/mol. The molecule has 0 aromatic carbocycles. The highest BCUT2D eigenvalue weighted by Crippen LogP contribution is 2.27. The summed E-state index contributed by atoms with van der Waals surface area (Å²) in [6, 6.07) is 2.61. The van der Waals surface area contributed by atoms with Gasteiger partial charge in [-0.25, -0.2) is 0 Å². The minimum Gasteiger partial charge on any atom is -0.311 e. The number of nitrogens with one attached hydrogen (secondary N) is 1. The Morgan fingerprint density at radius 2 is 2.37 bits per heavy atom. The Kier molecular flexibility index (Phi) is 5.71. The third kappa shape index (κ3) is 4.50. The largest absolute Gasteiger partial charge is 0.311 e. The van der Waals surface area contributed by atoms with Crippen LogP contribution in [0.5, 0.6) is 0 Å². The van der Waals surface area contributed by atoms with E-state index < -0.39 is 0 Å². The average molecular weight is 284 g/mol. The Hall–Kier alpha value is -0.540. The van der Waals surface area contributed by atoms with Gasteiger partial charge in [0.25, 0.3) is 0 Å². The molecule has 2 rings (SSSR count). The normalized spacial score (nSPS) is 25.4. The van der Waals surface area contributed by atoms with Gasteiger partial charge in [0.05, 0.1) is 5.69 Å². The molecule has 3 nitrogen and oxygen atoms in total. The van der Waals surface area contributed by atoms with E-state index in [1.807, 2.05) is 0 Å². The van der Waals surface area contributed by atoms with Gasteiger partial charge in [-0.1, -0.05) is 13.3 Å². The molecule has 1 saturated carbocycles. The highest BCUT2D eigenvalue weighted by molar-refractivity contribution is 6.20. The van der Waals surface area contributed by atoms with Crippen molar-refractivity contribution in [2.24, 2.45) is 5.92 Å². The smallest absolute Gasteiger partial charge is 0.0762 e. The van der Waals surface area contributed by atoms with E-state index in [0.717, 1.165) is 37.5 Å². The lowest BCUT2D eigenvalue weighted by atomic mass is 9.89. The predicted molar refractivity (Wildman–Crippen MR) is 80.5 cm³/mol. The molecule has 3 atom stereocenters. The Bertz CT molecular complexity index is 377. The van der Waals surface area contributed by atoms with Gasteiger partial charge in [0, 0.05) is 24.2 Å². The van der Waals surface area contributed by atoms with Crippen molar-refractivity contribution in [3.8, 4) is 0 Å². The van der Waals surface area contributed by atoms with E-state index in [-0.39, 0.29) is 0 Å². The van der Waals surface area contributed by atoms with Crippen molar-refractivity contribution < 1.29 is 0 Å². The number of aromatic nitrogens is 2. The average Bonchev–Trinajstić information content (AvgIpc) is 2.87. The summed E-state index contributed by atoms with van der Waals surface area (Å²) in [6.07, 6.45) is 8.15. The first-order chi connectivity index (χ1) is 9.19. The topological polar surface area (TPSA) is 29.9 Å². The first-order valence-electron chi connectivity index (χ1n) is 7.57. The molecule has 1 heterocycles. The first-order valence-corrected chi connectivity index (χ1v) is 8.01. The third-order valence-electron chi connectivity index (χ3n) is 4.16. The lowest BCUT2D eigenvalue weighted by Crippen LogP contribution is -2.27. The molecule has 0 saturated heterocycles. The maximum absolute atomic E-state index is 6.22. The molecular formula is C15H26ClN3. The van der Waals surface area contributed by atoms with E-state index in [2.05, 4.69) is 41.2 Å². The van der Waals surface area contributed by atoms with E-state index in [1.54, 1.807) is 0 Å². The second-order valence-corrected chi connectivity index (χ2v) is 6.42. The molecule has 0 amide bonds. The fraction of sp³-hybridized carbons (Fsp3) is 0.800. The summed E-state index contributed by atoms with van der Waals surface area (Å²) in [6.45, 7) is 6.33. The van der Waals surface area contributed by atoms with Crippen molar-refractivity contribution >= 4 is 11.6 Å². The fourth-order valence-corrected chi connectivity index (χ4v) is 3.13. The molecule has 1 aliphatic rings. The summed E-state index contributed by atoms with van der Waals surface area (Å²) in [4.78, 5) is 0. The van der Waals surface area contributed by atoms with Gasteiger partial charge in [-0.15, -0.1) is 11.6 Å². The molecule has 19 heavy (non-hydrogen) atoms. The summed E-state index contributed by atoms with van der Waals surface area (Å²) < 4.78 is 2.06. The molecule has 1 fully saturated rings. The number of hydrogen-bond donors (Lipinski definition) is 1. The van der Waals surface area contributed by atoms with Crippen LogP contribution < -0.4 is 5.32 Å². The Balaban J connectivity index is 1.72. The van der Waals surface area contributed by atoms with Gasteiger partial charge in [0.1, 0.15) is 0 Å². The van der Waals surface area contributed by atoms with Crippen LogP contribution in [0.25, 0.3) is 0 Å². The number of nitrogens with zero attached hydrogens (tertiary/aromatic N) is 2. The van der Waals surface area contributed by atoms with E-state index in [4.69, 9.17) is 11.6 Å². The van der Waals surface area contributed by atoms with E-state index in [1.165, 1.54) is 19.3 Å². The minimum atomic E-state index is 0.394. The Labute approximate surface area is 121 Å². The molecule has 0 spiro atoms. The number of halogens is 1. The van der Waals surface area contributed by atoms with Crippen molar-refractivity contribution in [1.29, 1.82) is 0 Å². The Morgan fingerprint density at radius 3 is 3.11 bits per heavy atom. The predicted octanol–water partition coefficient (Wildman–Crippen LogP) is 3.74. The van der Waals surface area contributed by atoms with Crippen molar-refractivity contribution in [1.82, 2.24) is 15.1 Å². The minimum absolute atomic E-state index is 0.394. The van der Waals surface area contributed by atoms with Crippen LogP contribution in [-0.4, -0.2) is 21.7 Å². The molecule has 1 aromatic heterocycles. The second-order valence-electron chi connectivity index (χ2n) is 5.81. The van der Waals surface area contributed by atoms with Crippen LogP contribution in [0.4, 0.5) is 0 Å². The summed E-state index contributed by atoms with van der Waals surface area (Å²) in [7, 11) is 0. The van der Waals surface area contributed by atoms with Gasteiger partial charge in [-0.05, 0) is 51.1 Å². The van der Waals surface area contributed by atoms with Crippen molar-refractivity contribution in [2.45, 2.75) is 63.9 Å². The zero-order valence-corrected chi connectivity index (χ0v) is 12.9. The highest BCUT2D eigenvalue weighted by Gasteiger charge is 2.19. The molecule has 1 aromatic rings. The van der Waals surface area contributed by atoms with Crippen molar-refractivity contribution in [3.63, 3.8) is 0 Å². The maximum Gasteiger partial charge on any atom is 0.0762 e. The van der Waals surface area contributed by atoms with Gasteiger partial charge in [-0.2, -0.15) is 5.10 Å². The molecule has 0 aliphatic heterocycles. The standard InChI is InChI=1S/C15H26ClN3/c1-3-12(2)19-8-7-15(18-19)11-17-10-13-5-4-6-14(16)9-13/h7-8,12-14,17H,3-6,9-11H2,1-2H3. The van der Waals surface area contributed by atoms with Crippen LogP contribution in [0, 0.1) is 5.92 Å². The van der Waals surface area contributed by atoms with E-state index >= 15 is 0 Å². The fourth-order valence-electron chi connectivity index (χ4n) is 2.72. The summed E-state index contributed by atoms with van der Waals surface area (Å²) in [5.74, 6) is 0.743. The van der Waals surface area contributed by atoms with Gasteiger partial charge in [-0.3, -0.25) is 4.68 Å². The van der Waals surface area contributed by atoms with Crippen LogP contribution in [0.2, 0.25) is 0 Å². The van der Waals surface area contributed by atoms with Crippen LogP contribution in [-0.2, 0) is 6.54 Å². The van der Waals surface area contributed by atoms with Crippen molar-refractivity contribution in [2.75, 3.05) is 6.54 Å². The van der Waals surface area contributed by atoms with Crippen LogP contribution in [0.15, 0.2) is 12.3 Å². The molecule has 108 valence electrons. The number of hydrogen-bond acceptors (Lipinski definition) is 2. The van der Waals surface area contributed by atoms with Crippen LogP contribution in [0.1, 0.15) is 57.7 Å². The molecule has 1 aliphatic carbocycles. The zero-order chi connectivity index (χ0) is 13.7. The lowest BCUT2D eigenvalue weighted by Gasteiger charge is -2.25. The molecule has 0 bridgehead atoms. The summed E-state index contributed by atoms with van der Waals surface area (Å²) in [5.41, 5.74) is 1.14. The summed E-state index contributed by atoms with van der Waals surface area (Å²) >= 11 is 6.22. The lowest BCUT2D eigenvalue weighted by molar-refractivity contribution is 0.345. The zero-order valence-electron chi connectivity index (χ0n) is 12.1. The highest BCUT2D eigenvalue weighted by atomic mass is 35.5. The van der Waals surface area contributed by atoms with Gasteiger partial charge >= 0.3 is 0 Å². The quantitative estimate of drug-likeness (QED) is 0.806. The van der Waals surface area contributed by atoms with Gasteiger partial charge in [0.15, 0.2) is 0 Å². The van der Waals surface area contributed by atoms with Gasteiger partial charge in [0.2, 0.25) is 0 Å². The Morgan fingerprint density at radius 1 is 1.53 bits per heavy atom. The van der Waals surface area contributed by atoms with E-state index in [0.29, 0.717) is 11.4 Å². The molecule has 1 N–H and O–H groups in total. The number of alkyl halides is 1.